The van der Waals surface area contributed by atoms with Gasteiger partial charge >= 0.3 is 0 Å². The van der Waals surface area contributed by atoms with Crippen molar-refractivity contribution in [3.63, 3.8) is 0 Å². The molecule has 2 rings (SSSR count). The van der Waals surface area contributed by atoms with Gasteiger partial charge in [-0.1, -0.05) is 0 Å². The summed E-state index contributed by atoms with van der Waals surface area (Å²) in [5.74, 6) is -0.725. The number of hydrogen-bond acceptors (Lipinski definition) is 11. The second kappa shape index (κ2) is 12.6. The lowest BCUT2D eigenvalue weighted by Crippen LogP contribution is -2.64. The molecule has 10 atom stereocenters. The van der Waals surface area contributed by atoms with Gasteiger partial charge in [-0.15, -0.1) is 0 Å². The fraction of sp³-hybridized carbons (Fsp3) is 1.00. The summed E-state index contributed by atoms with van der Waals surface area (Å²) in [6, 6.07) is 0. The van der Waals surface area contributed by atoms with Crippen LogP contribution in [0.1, 0.15) is 20.8 Å². The van der Waals surface area contributed by atoms with Gasteiger partial charge in [0.1, 0.15) is 36.6 Å². The highest BCUT2D eigenvalue weighted by Crippen LogP contribution is 2.32. The van der Waals surface area contributed by atoms with Gasteiger partial charge in [0.2, 0.25) is 0 Å². The maximum atomic E-state index is 10.8. The predicted molar refractivity (Wildman–Crippen MR) is 101 cm³/mol. The van der Waals surface area contributed by atoms with Gasteiger partial charge in [-0.25, -0.2) is 0 Å². The molecular weight excluding hydrogens is 404 g/mol. The van der Waals surface area contributed by atoms with Crippen LogP contribution in [-0.4, -0.2) is 120 Å². The molecule has 11 nitrogen and oxygen atoms in total. The fourth-order valence-electron chi connectivity index (χ4n) is 3.70. The zero-order valence-electron chi connectivity index (χ0n) is 17.7. The summed E-state index contributed by atoms with van der Waals surface area (Å²) in [7, 11) is 0. The van der Waals surface area contributed by atoms with E-state index in [0.29, 0.717) is 13.2 Å². The van der Waals surface area contributed by atoms with E-state index < -0.39 is 67.8 Å². The van der Waals surface area contributed by atoms with E-state index in [1.54, 1.807) is 20.8 Å². The molecule has 0 aliphatic carbocycles. The van der Waals surface area contributed by atoms with Gasteiger partial charge in [0.15, 0.2) is 12.6 Å². The van der Waals surface area contributed by atoms with E-state index in [9.17, 15) is 25.5 Å². The Bertz CT molecular complexity index is 481. The van der Waals surface area contributed by atoms with Gasteiger partial charge in [0.25, 0.3) is 0 Å². The zero-order chi connectivity index (χ0) is 22.3. The highest BCUT2D eigenvalue weighted by atomic mass is 16.7. The number of rotatable bonds is 11. The second-order valence-electron chi connectivity index (χ2n) is 7.27. The molecule has 2 fully saturated rings. The van der Waals surface area contributed by atoms with E-state index in [-0.39, 0.29) is 19.8 Å². The minimum absolute atomic E-state index is 0.0676. The summed E-state index contributed by atoms with van der Waals surface area (Å²) in [6.07, 6.45) is -10.6. The molecule has 0 aromatic rings. The molecule has 178 valence electrons. The standard InChI is InChI=1S/C19H36O11/c1-4-25-8-10-13(21)12(9-26-5-2)29-19(14(10)22)30-16-11(7-20)28-18(24)17(15(16)23)27-6-3/h10-24H,4-9H2,1-3H3/t10-,11+,12+,13-,14+,15-,16+,17+,18+,19-/m0/s1. The normalized spacial score (nSPS) is 42.4. The van der Waals surface area contributed by atoms with Crippen LogP contribution in [0.3, 0.4) is 0 Å². The quantitative estimate of drug-likeness (QED) is 0.242. The van der Waals surface area contributed by atoms with E-state index in [2.05, 4.69) is 0 Å². The van der Waals surface area contributed by atoms with Crippen LogP contribution < -0.4 is 0 Å². The number of hydrogen-bond donors (Lipinski definition) is 5. The van der Waals surface area contributed by atoms with Crippen molar-refractivity contribution < 1.29 is 54.0 Å². The molecular formula is C19H36O11. The van der Waals surface area contributed by atoms with Crippen molar-refractivity contribution in [3.05, 3.63) is 0 Å². The third-order valence-corrected chi connectivity index (χ3v) is 5.31. The van der Waals surface area contributed by atoms with E-state index in [4.69, 9.17) is 28.4 Å². The van der Waals surface area contributed by atoms with E-state index in [1.165, 1.54) is 0 Å². The van der Waals surface area contributed by atoms with Crippen LogP contribution in [0.2, 0.25) is 0 Å². The van der Waals surface area contributed by atoms with Gasteiger partial charge in [0, 0.05) is 25.7 Å². The number of ether oxygens (including phenoxy) is 6. The molecule has 2 heterocycles. The first-order chi connectivity index (χ1) is 14.4. The first kappa shape index (κ1) is 25.8. The Kier molecular flexibility index (Phi) is 10.8. The van der Waals surface area contributed by atoms with Gasteiger partial charge in [-0.3, -0.25) is 0 Å². The van der Waals surface area contributed by atoms with Gasteiger partial charge < -0.3 is 54.0 Å². The molecule has 0 saturated carbocycles. The van der Waals surface area contributed by atoms with Crippen LogP contribution in [0.25, 0.3) is 0 Å². The lowest BCUT2D eigenvalue weighted by Gasteiger charge is -2.47. The maximum Gasteiger partial charge on any atom is 0.185 e. The van der Waals surface area contributed by atoms with Crippen molar-refractivity contribution in [3.8, 4) is 0 Å². The molecule has 2 aliphatic heterocycles. The van der Waals surface area contributed by atoms with Crippen molar-refractivity contribution in [2.24, 2.45) is 5.92 Å². The fourth-order valence-corrected chi connectivity index (χ4v) is 3.70. The first-order valence-corrected chi connectivity index (χ1v) is 10.5. The summed E-state index contributed by atoms with van der Waals surface area (Å²) in [5, 5.41) is 51.7. The molecule has 0 spiro atoms. The molecule has 2 aliphatic rings. The van der Waals surface area contributed by atoms with Crippen molar-refractivity contribution in [1.29, 1.82) is 0 Å². The van der Waals surface area contributed by atoms with Crippen molar-refractivity contribution in [2.45, 2.75) is 76.1 Å². The second-order valence-corrected chi connectivity index (χ2v) is 7.27. The molecule has 0 amide bonds. The van der Waals surface area contributed by atoms with E-state index in [1.807, 2.05) is 0 Å². The predicted octanol–water partition coefficient (Wildman–Crippen LogP) is -2.02. The Hall–Kier alpha value is -0.440. The van der Waals surface area contributed by atoms with Crippen molar-refractivity contribution in [1.82, 2.24) is 0 Å². The molecule has 30 heavy (non-hydrogen) atoms. The lowest BCUT2D eigenvalue weighted by atomic mass is 9.89. The zero-order valence-corrected chi connectivity index (χ0v) is 17.7. The summed E-state index contributed by atoms with van der Waals surface area (Å²) in [6.45, 7) is 5.90. The van der Waals surface area contributed by atoms with Crippen LogP contribution in [0.5, 0.6) is 0 Å². The number of aliphatic hydroxyl groups excluding tert-OH is 5. The SMILES string of the molecule is CCOC[C@@H]1[C@@H](O)[C@H](O[C@H]2[C@H](O)[C@@H](OCC)[C@H](O)O[C@@H]2CO)O[C@H](COCC)[C@H]1O. The topological polar surface area (TPSA) is 157 Å². The molecule has 11 heteroatoms. The van der Waals surface area contributed by atoms with Gasteiger partial charge in [0.05, 0.1) is 25.9 Å². The van der Waals surface area contributed by atoms with Crippen molar-refractivity contribution >= 4 is 0 Å². The summed E-state index contributed by atoms with van der Waals surface area (Å²) in [4.78, 5) is 0. The largest absolute Gasteiger partial charge is 0.394 e. The Labute approximate surface area is 176 Å². The third kappa shape index (κ3) is 6.08. The summed E-state index contributed by atoms with van der Waals surface area (Å²) in [5.41, 5.74) is 0. The Morgan fingerprint density at radius 1 is 0.733 bits per heavy atom. The van der Waals surface area contributed by atoms with E-state index >= 15 is 0 Å². The van der Waals surface area contributed by atoms with Crippen LogP contribution in [0.15, 0.2) is 0 Å². The minimum atomic E-state index is -1.45. The Balaban J connectivity index is 2.18. The molecule has 0 radical (unpaired) electrons. The van der Waals surface area contributed by atoms with E-state index in [0.717, 1.165) is 0 Å². The highest BCUT2D eigenvalue weighted by molar-refractivity contribution is 4.94. The molecule has 2 saturated heterocycles. The van der Waals surface area contributed by atoms with Crippen LogP contribution in [-0.2, 0) is 28.4 Å². The molecule has 0 unspecified atom stereocenters. The minimum Gasteiger partial charge on any atom is -0.394 e. The van der Waals surface area contributed by atoms with Crippen LogP contribution in [0, 0.1) is 5.92 Å². The summed E-state index contributed by atoms with van der Waals surface area (Å²) >= 11 is 0. The number of aliphatic hydroxyl groups is 5. The average molecular weight is 440 g/mol. The van der Waals surface area contributed by atoms with Gasteiger partial charge in [-0.2, -0.15) is 0 Å². The molecule has 0 aromatic carbocycles. The van der Waals surface area contributed by atoms with Crippen molar-refractivity contribution in [2.75, 3.05) is 39.6 Å². The van der Waals surface area contributed by atoms with Crippen LogP contribution >= 0.6 is 0 Å². The molecule has 0 aromatic heterocycles. The molecule has 0 bridgehead atoms. The van der Waals surface area contributed by atoms with Gasteiger partial charge in [-0.05, 0) is 20.8 Å². The monoisotopic (exact) mass is 440 g/mol. The lowest BCUT2D eigenvalue weighted by molar-refractivity contribution is -0.356. The maximum absolute atomic E-state index is 10.8. The Morgan fingerprint density at radius 2 is 1.40 bits per heavy atom. The van der Waals surface area contributed by atoms with Crippen LogP contribution in [0.4, 0.5) is 0 Å². The highest BCUT2D eigenvalue weighted by Gasteiger charge is 2.51. The third-order valence-electron chi connectivity index (χ3n) is 5.31. The molecule has 5 N–H and O–H groups in total. The Morgan fingerprint density at radius 3 is 2.00 bits per heavy atom. The average Bonchev–Trinajstić information content (AvgIpc) is 2.73. The first-order valence-electron chi connectivity index (χ1n) is 10.5. The smallest absolute Gasteiger partial charge is 0.185 e. The summed E-state index contributed by atoms with van der Waals surface area (Å²) < 4.78 is 33.0.